The van der Waals surface area contributed by atoms with Gasteiger partial charge in [-0.2, -0.15) is 0 Å². The van der Waals surface area contributed by atoms with Crippen LogP contribution in [0.4, 0.5) is 0 Å². The Morgan fingerprint density at radius 2 is 1.66 bits per heavy atom. The molecule has 1 heterocycles. The average molecular weight is 613 g/mol. The van der Waals surface area contributed by atoms with Crippen molar-refractivity contribution in [2.45, 2.75) is 78.4 Å². The Labute approximate surface area is 264 Å². The number of benzene rings is 2. The van der Waals surface area contributed by atoms with Gasteiger partial charge in [-0.05, 0) is 58.5 Å². The van der Waals surface area contributed by atoms with Crippen LogP contribution in [0, 0.1) is 22.7 Å². The van der Waals surface area contributed by atoms with E-state index >= 15 is 0 Å². The van der Waals surface area contributed by atoms with E-state index in [1.54, 1.807) is 0 Å². The molecular formula is C38H48O5Si. The van der Waals surface area contributed by atoms with Crippen LogP contribution in [-0.4, -0.2) is 39.6 Å². The van der Waals surface area contributed by atoms with Gasteiger partial charge in [0, 0.05) is 24.9 Å². The van der Waals surface area contributed by atoms with Crippen molar-refractivity contribution in [2.75, 3.05) is 13.2 Å². The summed E-state index contributed by atoms with van der Waals surface area (Å²) in [5.41, 5.74) is 1.21. The van der Waals surface area contributed by atoms with Crippen LogP contribution in [0.5, 0.6) is 0 Å². The maximum atomic E-state index is 12.5. The van der Waals surface area contributed by atoms with Gasteiger partial charge in [0.25, 0.3) is 8.32 Å². The second kappa shape index (κ2) is 12.3. The van der Waals surface area contributed by atoms with E-state index in [9.17, 15) is 9.59 Å². The minimum absolute atomic E-state index is 0.0843. The van der Waals surface area contributed by atoms with E-state index in [2.05, 4.69) is 108 Å². The first-order chi connectivity index (χ1) is 20.8. The maximum Gasteiger partial charge on any atom is 0.338 e. The Bertz CT molecular complexity index is 1400. The molecule has 3 aliphatic rings. The van der Waals surface area contributed by atoms with Crippen molar-refractivity contribution < 1.29 is 23.5 Å². The van der Waals surface area contributed by atoms with Crippen molar-refractivity contribution in [2.24, 2.45) is 22.7 Å². The second-order valence-electron chi connectivity index (χ2n) is 14.4. The number of hydrogen-bond acceptors (Lipinski definition) is 5. The van der Waals surface area contributed by atoms with Gasteiger partial charge in [0.2, 0.25) is 0 Å². The highest BCUT2D eigenvalue weighted by molar-refractivity contribution is 6.99. The lowest BCUT2D eigenvalue weighted by atomic mass is 9.46. The summed E-state index contributed by atoms with van der Waals surface area (Å²) in [6, 6.07) is 21.4. The molecule has 2 fully saturated rings. The van der Waals surface area contributed by atoms with E-state index in [4.69, 9.17) is 13.9 Å². The molecule has 6 heteroatoms. The fourth-order valence-electron chi connectivity index (χ4n) is 8.59. The quantitative estimate of drug-likeness (QED) is 0.184. The molecule has 5 nitrogen and oxygen atoms in total. The molecule has 2 aromatic rings. The number of rotatable bonds is 8. The van der Waals surface area contributed by atoms with E-state index in [0.717, 1.165) is 25.7 Å². The first-order valence-corrected chi connectivity index (χ1v) is 17.9. The Balaban J connectivity index is 1.58. The molecule has 0 bridgehead atoms. The number of ether oxygens (including phenoxy) is 2. The zero-order valence-corrected chi connectivity index (χ0v) is 28.2. The Morgan fingerprint density at radius 1 is 1.05 bits per heavy atom. The summed E-state index contributed by atoms with van der Waals surface area (Å²) in [4.78, 5) is 24.7. The minimum atomic E-state index is -2.83. The highest BCUT2D eigenvalue weighted by Crippen LogP contribution is 2.62. The van der Waals surface area contributed by atoms with Crippen molar-refractivity contribution in [1.29, 1.82) is 0 Å². The zero-order chi connectivity index (χ0) is 31.8. The van der Waals surface area contributed by atoms with E-state index in [1.807, 2.05) is 12.2 Å². The summed E-state index contributed by atoms with van der Waals surface area (Å²) in [7, 11) is -2.83. The molecule has 0 unspecified atom stereocenters. The summed E-state index contributed by atoms with van der Waals surface area (Å²) in [6.07, 6.45) is 9.12. The fourth-order valence-corrected chi connectivity index (χ4v) is 13.3. The van der Waals surface area contributed by atoms with Crippen LogP contribution in [0.1, 0.15) is 67.2 Å². The first kappa shape index (κ1) is 32.2. The summed E-state index contributed by atoms with van der Waals surface area (Å²) >= 11 is 0. The normalized spacial score (nSPS) is 29.2. The molecule has 0 radical (unpaired) electrons. The van der Waals surface area contributed by atoms with Crippen LogP contribution >= 0.6 is 0 Å². The van der Waals surface area contributed by atoms with Gasteiger partial charge >= 0.3 is 11.9 Å². The topological polar surface area (TPSA) is 61.8 Å². The first-order valence-electron chi connectivity index (χ1n) is 16.0. The van der Waals surface area contributed by atoms with Crippen LogP contribution < -0.4 is 10.4 Å². The number of esters is 2. The lowest BCUT2D eigenvalue weighted by molar-refractivity contribution is -0.181. The number of cyclic esters (lactones) is 1. The third kappa shape index (κ3) is 5.67. The third-order valence-corrected chi connectivity index (χ3v) is 15.7. The fraction of sp³-hybridized carbons (Fsp3) is 0.474. The highest BCUT2D eigenvalue weighted by Gasteiger charge is 2.60. The Hall–Kier alpha value is -3.22. The smallest absolute Gasteiger partial charge is 0.338 e. The number of carbonyl (C=O) groups excluding carboxylic acids is 2. The molecule has 0 spiro atoms. The molecule has 44 heavy (non-hydrogen) atoms. The number of carbonyl (C=O) groups is 2. The van der Waals surface area contributed by atoms with Gasteiger partial charge in [-0.25, -0.2) is 4.79 Å². The van der Waals surface area contributed by atoms with Crippen molar-refractivity contribution in [3.63, 3.8) is 0 Å². The number of hydrogen-bond donors (Lipinski definition) is 0. The molecule has 2 aromatic carbocycles. The van der Waals surface area contributed by atoms with Crippen molar-refractivity contribution in [1.82, 2.24) is 0 Å². The minimum Gasteiger partial charge on any atom is -0.462 e. The molecule has 234 valence electrons. The van der Waals surface area contributed by atoms with Crippen molar-refractivity contribution >= 4 is 30.6 Å². The van der Waals surface area contributed by atoms with Gasteiger partial charge in [-0.1, -0.05) is 120 Å². The average Bonchev–Trinajstić information content (AvgIpc) is 3.39. The number of fused-ring (bicyclic) bond motifs is 1. The van der Waals surface area contributed by atoms with E-state index in [1.165, 1.54) is 22.9 Å². The van der Waals surface area contributed by atoms with Crippen LogP contribution in [0.2, 0.25) is 5.04 Å². The van der Waals surface area contributed by atoms with Crippen LogP contribution in [0.3, 0.4) is 0 Å². The monoisotopic (exact) mass is 612 g/mol. The van der Waals surface area contributed by atoms with E-state index in [-0.39, 0.29) is 40.3 Å². The van der Waals surface area contributed by atoms with Crippen molar-refractivity contribution in [3.05, 3.63) is 96.6 Å². The summed E-state index contributed by atoms with van der Waals surface area (Å²) in [5, 5.41) is 2.30. The molecule has 5 atom stereocenters. The molecule has 2 aliphatic carbocycles. The number of allylic oxidation sites excluding steroid dienone is 2. The van der Waals surface area contributed by atoms with E-state index in [0.29, 0.717) is 18.8 Å². The van der Waals surface area contributed by atoms with Gasteiger partial charge in [-0.15, -0.1) is 0 Å². The van der Waals surface area contributed by atoms with Crippen LogP contribution in [-0.2, 0) is 23.5 Å². The molecule has 5 rings (SSSR count). The Morgan fingerprint density at radius 3 is 2.18 bits per heavy atom. The lowest BCUT2D eigenvalue weighted by Crippen LogP contribution is -2.68. The van der Waals surface area contributed by atoms with Gasteiger partial charge in [0.15, 0.2) is 0 Å². The second-order valence-corrected chi connectivity index (χ2v) is 18.8. The van der Waals surface area contributed by atoms with Crippen LogP contribution in [0.15, 0.2) is 96.6 Å². The lowest BCUT2D eigenvalue weighted by Gasteiger charge is -2.60. The summed E-state index contributed by atoms with van der Waals surface area (Å²) < 4.78 is 18.9. The molecule has 1 aliphatic heterocycles. The molecule has 0 amide bonds. The standard InChI is InChI=1S/C38H48O5Si/c1-27-18-21-33-37(6,32(27)20-19-29-23-25-41-35(29)40)24-22-34(43-28(2)39)38(33,7)26-42-44(36(3,4)5,30-14-10-8-11-15-30)31-16-12-9-13-17-31/h8-17,19-20,23,32-34H,1,18,21-22,24-26H2,2-7H3/b20-19+/t32-,33+,34-,37+,38+/m1/s1. The van der Waals surface area contributed by atoms with Crippen LogP contribution in [0.25, 0.3) is 0 Å². The molecule has 0 saturated heterocycles. The Kier molecular flexibility index (Phi) is 8.98. The molecule has 0 aromatic heterocycles. The van der Waals surface area contributed by atoms with Crippen molar-refractivity contribution in [3.8, 4) is 0 Å². The zero-order valence-electron chi connectivity index (χ0n) is 27.2. The summed E-state index contributed by atoms with van der Waals surface area (Å²) in [5.74, 6) is -0.234. The van der Waals surface area contributed by atoms with E-state index < -0.39 is 13.7 Å². The van der Waals surface area contributed by atoms with Gasteiger partial charge in [0.1, 0.15) is 12.7 Å². The van der Waals surface area contributed by atoms with Gasteiger partial charge < -0.3 is 13.9 Å². The predicted octanol–water partition coefficient (Wildman–Crippen LogP) is 6.92. The summed E-state index contributed by atoms with van der Waals surface area (Å²) in [6.45, 7) is 18.4. The highest BCUT2D eigenvalue weighted by atomic mass is 28.4. The molecule has 2 saturated carbocycles. The van der Waals surface area contributed by atoms with Gasteiger partial charge in [0.05, 0.1) is 5.57 Å². The molecular weight excluding hydrogens is 564 g/mol. The van der Waals surface area contributed by atoms with Gasteiger partial charge in [-0.3, -0.25) is 4.79 Å². The third-order valence-electron chi connectivity index (χ3n) is 10.7. The SMILES string of the molecule is C=C1CC[C@@H]2[C@](C)(CO[Si](c3ccccc3)(c3ccccc3)C(C)(C)C)[C@H](OC(C)=O)CC[C@@]2(C)[C@@H]1/C=C/C1=CCOC1=O. The molecule has 0 N–H and O–H groups in total. The maximum absolute atomic E-state index is 12.5. The predicted molar refractivity (Wildman–Crippen MR) is 178 cm³/mol. The largest absolute Gasteiger partial charge is 0.462 e.